The van der Waals surface area contributed by atoms with Crippen molar-refractivity contribution in [2.24, 2.45) is 0 Å². The molecule has 24 heavy (non-hydrogen) atoms. The van der Waals surface area contributed by atoms with Gasteiger partial charge in [-0.25, -0.2) is 0 Å². The Kier molecular flexibility index (Phi) is 6.25. The fourth-order valence-corrected chi connectivity index (χ4v) is 2.21. The van der Waals surface area contributed by atoms with E-state index in [4.69, 9.17) is 4.74 Å². The molecule has 0 heterocycles. The minimum atomic E-state index is -4.36. The monoisotopic (exact) mass is 401 g/mol. The lowest BCUT2D eigenvalue weighted by Gasteiger charge is -2.10. The fraction of sp³-hybridized carbons (Fsp3) is 0.235. The van der Waals surface area contributed by atoms with Crippen molar-refractivity contribution in [3.05, 3.63) is 64.1 Å². The Balaban J connectivity index is 1.70. The number of hydrogen-bond acceptors (Lipinski definition) is 2. The molecule has 2 aromatic rings. The van der Waals surface area contributed by atoms with Gasteiger partial charge in [-0.3, -0.25) is 4.79 Å². The lowest BCUT2D eigenvalue weighted by atomic mass is 10.1. The summed E-state index contributed by atoms with van der Waals surface area (Å²) in [5.41, 5.74) is 0.164. The van der Waals surface area contributed by atoms with Gasteiger partial charge in [-0.05, 0) is 42.0 Å². The molecule has 0 saturated heterocycles. The lowest BCUT2D eigenvalue weighted by Crippen LogP contribution is -2.29. The first-order chi connectivity index (χ1) is 11.3. The average molecular weight is 402 g/mol. The van der Waals surface area contributed by atoms with E-state index >= 15 is 0 Å². The highest BCUT2D eigenvalue weighted by Crippen LogP contribution is 2.30. The molecule has 0 fully saturated rings. The zero-order chi connectivity index (χ0) is 17.6. The van der Waals surface area contributed by atoms with Crippen molar-refractivity contribution in [1.29, 1.82) is 0 Å². The minimum absolute atomic E-state index is 0.145. The smallest absolute Gasteiger partial charge is 0.416 e. The quantitative estimate of drug-likeness (QED) is 0.736. The van der Waals surface area contributed by atoms with E-state index in [1.165, 1.54) is 12.1 Å². The number of halogens is 4. The summed E-state index contributed by atoms with van der Waals surface area (Å²) in [5, 5.41) is 2.70. The maximum Gasteiger partial charge on any atom is 0.416 e. The van der Waals surface area contributed by atoms with Gasteiger partial charge in [0, 0.05) is 4.47 Å². The number of benzene rings is 2. The van der Waals surface area contributed by atoms with Crippen LogP contribution in [0.3, 0.4) is 0 Å². The first-order valence-corrected chi connectivity index (χ1v) is 7.95. The molecule has 0 aliphatic rings. The van der Waals surface area contributed by atoms with Crippen LogP contribution in [0.25, 0.3) is 0 Å². The van der Waals surface area contributed by atoms with E-state index in [1.807, 2.05) is 24.3 Å². The van der Waals surface area contributed by atoms with Crippen molar-refractivity contribution in [2.75, 3.05) is 13.2 Å². The Morgan fingerprint density at radius 2 is 1.67 bits per heavy atom. The van der Waals surface area contributed by atoms with Crippen LogP contribution < -0.4 is 10.1 Å². The van der Waals surface area contributed by atoms with Crippen LogP contribution in [0.5, 0.6) is 5.75 Å². The number of amides is 1. The van der Waals surface area contributed by atoms with Gasteiger partial charge >= 0.3 is 6.18 Å². The predicted octanol–water partition coefficient (Wildman–Crippen LogP) is 4.21. The zero-order valence-electron chi connectivity index (χ0n) is 12.6. The third kappa shape index (κ3) is 5.88. The topological polar surface area (TPSA) is 38.3 Å². The van der Waals surface area contributed by atoms with E-state index < -0.39 is 11.7 Å². The molecule has 0 spiro atoms. The number of hydrogen-bond donors (Lipinski definition) is 1. The van der Waals surface area contributed by atoms with Crippen molar-refractivity contribution in [3.63, 3.8) is 0 Å². The van der Waals surface area contributed by atoms with Gasteiger partial charge in [0.1, 0.15) is 12.4 Å². The third-order valence-corrected chi connectivity index (χ3v) is 3.68. The summed E-state index contributed by atoms with van der Waals surface area (Å²) in [6.45, 7) is 0.452. The van der Waals surface area contributed by atoms with Crippen LogP contribution in [0.4, 0.5) is 13.2 Å². The van der Waals surface area contributed by atoms with Crippen LogP contribution in [0.1, 0.15) is 11.1 Å². The van der Waals surface area contributed by atoms with E-state index in [0.29, 0.717) is 5.75 Å². The van der Waals surface area contributed by atoms with E-state index in [9.17, 15) is 18.0 Å². The van der Waals surface area contributed by atoms with Gasteiger partial charge in [0.05, 0.1) is 18.5 Å². The highest BCUT2D eigenvalue weighted by molar-refractivity contribution is 9.10. The SMILES string of the molecule is O=C(Cc1ccc(Br)cc1)NCCOc1ccc(C(F)(F)F)cc1. The van der Waals surface area contributed by atoms with Crippen LogP contribution in [0.15, 0.2) is 53.0 Å². The molecule has 3 nitrogen and oxygen atoms in total. The van der Waals surface area contributed by atoms with Crippen LogP contribution in [-0.4, -0.2) is 19.1 Å². The van der Waals surface area contributed by atoms with Crippen molar-refractivity contribution in [3.8, 4) is 5.75 Å². The summed E-state index contributed by atoms with van der Waals surface area (Å²) < 4.78 is 43.5. The number of nitrogens with one attached hydrogen (secondary N) is 1. The molecule has 0 unspecified atom stereocenters. The molecule has 0 atom stereocenters. The normalized spacial score (nSPS) is 11.2. The van der Waals surface area contributed by atoms with E-state index in [-0.39, 0.29) is 25.5 Å². The largest absolute Gasteiger partial charge is 0.492 e. The zero-order valence-corrected chi connectivity index (χ0v) is 14.2. The summed E-state index contributed by atoms with van der Waals surface area (Å²) in [6.07, 6.45) is -4.10. The second-order valence-electron chi connectivity index (χ2n) is 5.02. The molecule has 0 radical (unpaired) electrons. The summed E-state index contributed by atoms with van der Waals surface area (Å²) in [7, 11) is 0. The van der Waals surface area contributed by atoms with E-state index in [1.54, 1.807) is 0 Å². The second kappa shape index (κ2) is 8.19. The van der Waals surface area contributed by atoms with Crippen molar-refractivity contribution in [1.82, 2.24) is 5.32 Å². The number of carbonyl (C=O) groups excluding carboxylic acids is 1. The minimum Gasteiger partial charge on any atom is -0.492 e. The van der Waals surface area contributed by atoms with Gasteiger partial charge in [0.15, 0.2) is 0 Å². The van der Waals surface area contributed by atoms with Gasteiger partial charge < -0.3 is 10.1 Å². The van der Waals surface area contributed by atoms with Gasteiger partial charge in [0.25, 0.3) is 0 Å². The third-order valence-electron chi connectivity index (χ3n) is 3.15. The molecule has 0 bridgehead atoms. The molecule has 1 N–H and O–H groups in total. The maximum absolute atomic E-state index is 12.4. The van der Waals surface area contributed by atoms with Crippen LogP contribution in [0, 0.1) is 0 Å². The molecular weight excluding hydrogens is 387 g/mol. The number of rotatable bonds is 6. The summed E-state index contributed by atoms with van der Waals surface area (Å²) in [6, 6.07) is 11.8. The Labute approximate surface area is 146 Å². The Hall–Kier alpha value is -2.02. The second-order valence-corrected chi connectivity index (χ2v) is 5.94. The Morgan fingerprint density at radius 1 is 1.04 bits per heavy atom. The molecule has 0 aliphatic heterocycles. The molecule has 128 valence electrons. The molecule has 2 rings (SSSR count). The molecular formula is C17H15BrF3NO2. The summed E-state index contributed by atoms with van der Waals surface area (Å²) >= 11 is 3.32. The molecule has 0 aliphatic carbocycles. The molecule has 2 aromatic carbocycles. The fourth-order valence-electron chi connectivity index (χ4n) is 1.95. The van der Waals surface area contributed by atoms with Crippen LogP contribution in [-0.2, 0) is 17.4 Å². The number of ether oxygens (including phenoxy) is 1. The standard InChI is InChI=1S/C17H15BrF3NO2/c18-14-5-1-12(2-6-14)11-16(23)22-9-10-24-15-7-3-13(4-8-15)17(19,20)21/h1-8H,9-11H2,(H,22,23). The van der Waals surface area contributed by atoms with Gasteiger partial charge in [-0.15, -0.1) is 0 Å². The average Bonchev–Trinajstić information content (AvgIpc) is 2.53. The maximum atomic E-state index is 12.4. The van der Waals surface area contributed by atoms with Crippen LogP contribution >= 0.6 is 15.9 Å². The predicted molar refractivity (Wildman–Crippen MR) is 87.8 cm³/mol. The van der Waals surface area contributed by atoms with Gasteiger partial charge in [0.2, 0.25) is 5.91 Å². The molecule has 0 aromatic heterocycles. The van der Waals surface area contributed by atoms with Crippen molar-refractivity contribution >= 4 is 21.8 Å². The van der Waals surface area contributed by atoms with Crippen molar-refractivity contribution in [2.45, 2.75) is 12.6 Å². The van der Waals surface area contributed by atoms with Crippen molar-refractivity contribution < 1.29 is 22.7 Å². The first-order valence-electron chi connectivity index (χ1n) is 7.16. The van der Waals surface area contributed by atoms with Gasteiger partial charge in [-0.2, -0.15) is 13.2 Å². The molecule has 0 saturated carbocycles. The molecule has 1 amide bonds. The number of alkyl halides is 3. The summed E-state index contributed by atoms with van der Waals surface area (Å²) in [4.78, 5) is 11.8. The lowest BCUT2D eigenvalue weighted by molar-refractivity contribution is -0.137. The molecule has 7 heteroatoms. The van der Waals surface area contributed by atoms with Gasteiger partial charge in [-0.1, -0.05) is 28.1 Å². The van der Waals surface area contributed by atoms with Crippen LogP contribution in [0.2, 0.25) is 0 Å². The highest BCUT2D eigenvalue weighted by Gasteiger charge is 2.29. The number of carbonyl (C=O) groups is 1. The van der Waals surface area contributed by atoms with E-state index in [2.05, 4.69) is 21.2 Å². The Bertz CT molecular complexity index is 670. The first kappa shape index (κ1) is 18.3. The highest BCUT2D eigenvalue weighted by atomic mass is 79.9. The van der Waals surface area contributed by atoms with E-state index in [0.717, 1.165) is 22.2 Å². The summed E-state index contributed by atoms with van der Waals surface area (Å²) in [5.74, 6) is 0.179. The Morgan fingerprint density at radius 3 is 2.25 bits per heavy atom.